The van der Waals surface area contributed by atoms with Crippen molar-refractivity contribution < 1.29 is 19.7 Å². The van der Waals surface area contributed by atoms with Crippen LogP contribution < -0.4 is 0 Å². The van der Waals surface area contributed by atoms with E-state index in [4.69, 9.17) is 9.84 Å². The van der Waals surface area contributed by atoms with Gasteiger partial charge < -0.3 is 14.9 Å². The molecule has 0 saturated carbocycles. The van der Waals surface area contributed by atoms with Crippen molar-refractivity contribution >= 4 is 5.97 Å². The average molecular weight is 334 g/mol. The van der Waals surface area contributed by atoms with Gasteiger partial charge in [-0.15, -0.1) is 0 Å². The van der Waals surface area contributed by atoms with Crippen molar-refractivity contribution in [2.24, 2.45) is 11.8 Å². The van der Waals surface area contributed by atoms with Crippen molar-refractivity contribution in [3.8, 4) is 0 Å². The van der Waals surface area contributed by atoms with Gasteiger partial charge in [-0.25, -0.2) is 4.79 Å². The molecule has 2 atom stereocenters. The van der Waals surface area contributed by atoms with Gasteiger partial charge in [0.05, 0.1) is 18.8 Å². The quantitative estimate of drug-likeness (QED) is 0.800. The Bertz CT molecular complexity index is 542. The van der Waals surface area contributed by atoms with Crippen LogP contribution in [0.4, 0.5) is 0 Å². The maximum atomic E-state index is 10.9. The van der Waals surface area contributed by atoms with Crippen LogP contribution in [0.5, 0.6) is 0 Å². The Hall–Kier alpha value is -1.47. The SMILES string of the molecule is O=C(O)c1ccc(CN2C[C@@H](CN3CCOCC3)[C@@H](CO)C2)cc1. The second kappa shape index (κ2) is 8.07. The molecule has 2 heterocycles. The Morgan fingerprint density at radius 3 is 2.38 bits per heavy atom. The predicted octanol–water partition coefficient (Wildman–Crippen LogP) is 0.757. The van der Waals surface area contributed by atoms with Gasteiger partial charge in [-0.2, -0.15) is 0 Å². The fourth-order valence-electron chi connectivity index (χ4n) is 3.70. The summed E-state index contributed by atoms with van der Waals surface area (Å²) >= 11 is 0. The second-order valence-electron chi connectivity index (χ2n) is 6.81. The van der Waals surface area contributed by atoms with Crippen molar-refractivity contribution in [1.82, 2.24) is 9.80 Å². The Labute approximate surface area is 142 Å². The van der Waals surface area contributed by atoms with E-state index in [9.17, 15) is 9.90 Å². The third-order valence-corrected chi connectivity index (χ3v) is 5.09. The molecule has 2 aliphatic heterocycles. The zero-order chi connectivity index (χ0) is 16.9. The van der Waals surface area contributed by atoms with Crippen LogP contribution in [0.1, 0.15) is 15.9 Å². The number of rotatable bonds is 6. The topological polar surface area (TPSA) is 73.2 Å². The number of carboxylic acids is 1. The van der Waals surface area contributed by atoms with E-state index in [1.165, 1.54) is 0 Å². The summed E-state index contributed by atoms with van der Waals surface area (Å²) < 4.78 is 5.40. The lowest BCUT2D eigenvalue weighted by Gasteiger charge is -2.30. The first-order chi connectivity index (χ1) is 11.7. The van der Waals surface area contributed by atoms with E-state index < -0.39 is 5.97 Å². The number of hydrogen-bond donors (Lipinski definition) is 2. The molecular weight excluding hydrogens is 308 g/mol. The van der Waals surface area contributed by atoms with Crippen LogP contribution in [0.3, 0.4) is 0 Å². The minimum absolute atomic E-state index is 0.226. The molecule has 0 aliphatic carbocycles. The lowest BCUT2D eigenvalue weighted by molar-refractivity contribution is 0.0264. The summed E-state index contributed by atoms with van der Waals surface area (Å²) in [6.45, 7) is 7.47. The molecule has 2 saturated heterocycles. The van der Waals surface area contributed by atoms with E-state index in [1.54, 1.807) is 12.1 Å². The van der Waals surface area contributed by atoms with Gasteiger partial charge in [-0.3, -0.25) is 9.80 Å². The number of hydrogen-bond acceptors (Lipinski definition) is 5. The molecule has 24 heavy (non-hydrogen) atoms. The molecule has 0 bridgehead atoms. The highest BCUT2D eigenvalue weighted by Gasteiger charge is 2.33. The summed E-state index contributed by atoms with van der Waals surface area (Å²) in [7, 11) is 0. The number of ether oxygens (including phenoxy) is 1. The monoisotopic (exact) mass is 334 g/mol. The van der Waals surface area contributed by atoms with Crippen LogP contribution in [-0.4, -0.2) is 78.5 Å². The molecule has 6 nitrogen and oxygen atoms in total. The Kier molecular flexibility index (Phi) is 5.84. The van der Waals surface area contributed by atoms with Crippen molar-refractivity contribution in [1.29, 1.82) is 0 Å². The summed E-state index contributed by atoms with van der Waals surface area (Å²) in [6.07, 6.45) is 0. The highest BCUT2D eigenvalue weighted by Crippen LogP contribution is 2.26. The summed E-state index contributed by atoms with van der Waals surface area (Å²) in [5.41, 5.74) is 1.43. The Balaban J connectivity index is 1.55. The number of carbonyl (C=O) groups is 1. The molecule has 0 radical (unpaired) electrons. The standard InChI is InChI=1S/C18H26N2O4/c21-13-17-12-20(9-14-1-3-15(4-2-14)18(22)23)11-16(17)10-19-5-7-24-8-6-19/h1-4,16-17,21H,5-13H2,(H,22,23)/t16-,17-/m1/s1. The molecule has 132 valence electrons. The second-order valence-corrected chi connectivity index (χ2v) is 6.81. The fourth-order valence-corrected chi connectivity index (χ4v) is 3.70. The number of aliphatic hydroxyl groups excluding tert-OH is 1. The number of morpholine rings is 1. The Morgan fingerprint density at radius 1 is 1.08 bits per heavy atom. The minimum Gasteiger partial charge on any atom is -0.478 e. The number of aliphatic hydroxyl groups is 1. The third kappa shape index (κ3) is 4.33. The molecule has 1 aromatic carbocycles. The number of nitrogens with zero attached hydrogens (tertiary/aromatic N) is 2. The van der Waals surface area contributed by atoms with Gasteiger partial charge in [-0.05, 0) is 29.5 Å². The zero-order valence-corrected chi connectivity index (χ0v) is 13.9. The highest BCUT2D eigenvalue weighted by molar-refractivity contribution is 5.87. The minimum atomic E-state index is -0.895. The van der Waals surface area contributed by atoms with Gasteiger partial charge in [0, 0.05) is 45.9 Å². The van der Waals surface area contributed by atoms with E-state index in [1.807, 2.05) is 12.1 Å². The third-order valence-electron chi connectivity index (χ3n) is 5.09. The highest BCUT2D eigenvalue weighted by atomic mass is 16.5. The van der Waals surface area contributed by atoms with Gasteiger partial charge in [0.1, 0.15) is 0 Å². The zero-order valence-electron chi connectivity index (χ0n) is 13.9. The average Bonchev–Trinajstić information content (AvgIpc) is 2.97. The normalized spacial score (nSPS) is 25.9. The van der Waals surface area contributed by atoms with Gasteiger partial charge in [0.2, 0.25) is 0 Å². The van der Waals surface area contributed by atoms with Gasteiger partial charge >= 0.3 is 5.97 Å². The van der Waals surface area contributed by atoms with Crippen molar-refractivity contribution in [2.45, 2.75) is 6.54 Å². The summed E-state index contributed by atoms with van der Waals surface area (Å²) in [4.78, 5) is 15.7. The molecule has 2 fully saturated rings. The van der Waals surface area contributed by atoms with Crippen molar-refractivity contribution in [3.63, 3.8) is 0 Å². The van der Waals surface area contributed by atoms with E-state index in [0.717, 1.165) is 58.0 Å². The predicted molar refractivity (Wildman–Crippen MR) is 90.0 cm³/mol. The molecule has 0 aromatic heterocycles. The number of likely N-dealkylation sites (tertiary alicyclic amines) is 1. The molecule has 0 unspecified atom stereocenters. The smallest absolute Gasteiger partial charge is 0.335 e. The molecule has 0 spiro atoms. The molecule has 3 rings (SSSR count). The van der Waals surface area contributed by atoms with Crippen molar-refractivity contribution in [3.05, 3.63) is 35.4 Å². The number of carboxylic acid groups (broad SMARTS) is 1. The summed E-state index contributed by atoms with van der Waals surface area (Å²) in [5.74, 6) is -0.105. The van der Waals surface area contributed by atoms with E-state index >= 15 is 0 Å². The maximum absolute atomic E-state index is 10.9. The van der Waals surface area contributed by atoms with E-state index in [0.29, 0.717) is 17.4 Å². The Morgan fingerprint density at radius 2 is 1.75 bits per heavy atom. The molecule has 2 aliphatic rings. The van der Waals surface area contributed by atoms with Crippen LogP contribution in [0, 0.1) is 11.8 Å². The summed E-state index contributed by atoms with van der Waals surface area (Å²) in [5, 5.41) is 18.7. The lowest BCUT2D eigenvalue weighted by Crippen LogP contribution is -2.41. The van der Waals surface area contributed by atoms with Crippen LogP contribution >= 0.6 is 0 Å². The maximum Gasteiger partial charge on any atom is 0.335 e. The van der Waals surface area contributed by atoms with Crippen LogP contribution in [-0.2, 0) is 11.3 Å². The largest absolute Gasteiger partial charge is 0.478 e. The van der Waals surface area contributed by atoms with Crippen LogP contribution in [0.2, 0.25) is 0 Å². The first-order valence-corrected chi connectivity index (χ1v) is 8.61. The molecule has 0 amide bonds. The number of aromatic carboxylic acids is 1. The first-order valence-electron chi connectivity index (χ1n) is 8.61. The van der Waals surface area contributed by atoms with Crippen LogP contribution in [0.15, 0.2) is 24.3 Å². The first kappa shape index (κ1) is 17.4. The van der Waals surface area contributed by atoms with Crippen LogP contribution in [0.25, 0.3) is 0 Å². The molecule has 2 N–H and O–H groups in total. The number of benzene rings is 1. The molecule has 6 heteroatoms. The van der Waals surface area contributed by atoms with Gasteiger partial charge in [0.15, 0.2) is 0 Å². The van der Waals surface area contributed by atoms with Crippen molar-refractivity contribution in [2.75, 3.05) is 52.5 Å². The fraction of sp³-hybridized carbons (Fsp3) is 0.611. The van der Waals surface area contributed by atoms with Gasteiger partial charge in [0.25, 0.3) is 0 Å². The molecule has 1 aromatic rings. The van der Waals surface area contributed by atoms with E-state index in [-0.39, 0.29) is 6.61 Å². The van der Waals surface area contributed by atoms with E-state index in [2.05, 4.69) is 9.80 Å². The summed E-state index contributed by atoms with van der Waals surface area (Å²) in [6, 6.07) is 7.07. The molecular formula is C18H26N2O4. The lowest BCUT2D eigenvalue weighted by atomic mass is 9.96. The van der Waals surface area contributed by atoms with Gasteiger partial charge in [-0.1, -0.05) is 12.1 Å².